The SMILES string of the molecule is Cc1cc(F)cc(C(=O)NCC2(C)CCNCC2)c1[N+](=O)[O-].Cl. The molecule has 1 heterocycles. The molecule has 6 nitrogen and oxygen atoms in total. The van der Waals surface area contributed by atoms with Crippen LogP contribution in [0.3, 0.4) is 0 Å². The van der Waals surface area contributed by atoms with E-state index in [4.69, 9.17) is 0 Å². The van der Waals surface area contributed by atoms with Crippen molar-refractivity contribution in [3.8, 4) is 0 Å². The summed E-state index contributed by atoms with van der Waals surface area (Å²) in [5.74, 6) is -1.25. The zero-order valence-electron chi connectivity index (χ0n) is 13.1. The van der Waals surface area contributed by atoms with E-state index in [0.29, 0.717) is 6.54 Å². The van der Waals surface area contributed by atoms with E-state index in [2.05, 4.69) is 17.6 Å². The van der Waals surface area contributed by atoms with Crippen molar-refractivity contribution in [3.05, 3.63) is 39.2 Å². The van der Waals surface area contributed by atoms with Gasteiger partial charge in [-0.15, -0.1) is 12.4 Å². The summed E-state index contributed by atoms with van der Waals surface area (Å²) >= 11 is 0. The smallest absolute Gasteiger partial charge is 0.285 e. The van der Waals surface area contributed by atoms with Crippen LogP contribution in [0.2, 0.25) is 0 Å². The second-order valence-corrected chi connectivity index (χ2v) is 6.12. The van der Waals surface area contributed by atoms with Gasteiger partial charge in [-0.3, -0.25) is 14.9 Å². The van der Waals surface area contributed by atoms with E-state index in [1.165, 1.54) is 6.92 Å². The molecule has 2 rings (SSSR count). The van der Waals surface area contributed by atoms with Crippen LogP contribution < -0.4 is 10.6 Å². The van der Waals surface area contributed by atoms with Crippen LogP contribution in [0, 0.1) is 28.3 Å². The average molecular weight is 346 g/mol. The lowest BCUT2D eigenvalue weighted by molar-refractivity contribution is -0.385. The molecule has 0 aromatic heterocycles. The number of nitro benzene ring substituents is 1. The van der Waals surface area contributed by atoms with Crippen molar-refractivity contribution in [2.24, 2.45) is 5.41 Å². The maximum absolute atomic E-state index is 13.5. The molecule has 0 saturated carbocycles. The van der Waals surface area contributed by atoms with Crippen LogP contribution in [0.4, 0.5) is 10.1 Å². The molecule has 1 aromatic carbocycles. The summed E-state index contributed by atoms with van der Waals surface area (Å²) < 4.78 is 13.5. The van der Waals surface area contributed by atoms with Crippen LogP contribution in [0.25, 0.3) is 0 Å². The summed E-state index contributed by atoms with van der Waals surface area (Å²) in [5.41, 5.74) is -0.462. The molecule has 0 spiro atoms. The van der Waals surface area contributed by atoms with Gasteiger partial charge < -0.3 is 10.6 Å². The first-order valence-corrected chi connectivity index (χ1v) is 7.26. The molecule has 0 atom stereocenters. The van der Waals surface area contributed by atoms with Crippen molar-refractivity contribution in [1.29, 1.82) is 0 Å². The Labute approximate surface area is 140 Å². The predicted octanol–water partition coefficient (Wildman–Crippen LogP) is 2.58. The van der Waals surface area contributed by atoms with Gasteiger partial charge in [0.1, 0.15) is 11.4 Å². The second-order valence-electron chi connectivity index (χ2n) is 6.12. The summed E-state index contributed by atoms with van der Waals surface area (Å²) in [6, 6.07) is 1.98. The number of hydrogen-bond acceptors (Lipinski definition) is 4. The summed E-state index contributed by atoms with van der Waals surface area (Å²) in [5, 5.41) is 17.1. The molecule has 1 saturated heterocycles. The zero-order valence-corrected chi connectivity index (χ0v) is 14.0. The Kier molecular flexibility index (Phi) is 6.47. The summed E-state index contributed by atoms with van der Waals surface area (Å²) in [6.07, 6.45) is 1.83. The van der Waals surface area contributed by atoms with Gasteiger partial charge in [0.25, 0.3) is 11.6 Å². The van der Waals surface area contributed by atoms with Crippen molar-refractivity contribution in [3.63, 3.8) is 0 Å². The molecule has 1 fully saturated rings. The van der Waals surface area contributed by atoms with Crippen LogP contribution in [-0.2, 0) is 0 Å². The first-order valence-electron chi connectivity index (χ1n) is 7.26. The van der Waals surface area contributed by atoms with E-state index in [0.717, 1.165) is 38.1 Å². The zero-order chi connectivity index (χ0) is 16.3. The minimum absolute atomic E-state index is 0. The van der Waals surface area contributed by atoms with Crippen LogP contribution >= 0.6 is 12.4 Å². The first kappa shape index (κ1) is 19.3. The molecule has 0 unspecified atom stereocenters. The Morgan fingerprint density at radius 2 is 2.04 bits per heavy atom. The highest BCUT2D eigenvalue weighted by atomic mass is 35.5. The molecule has 23 heavy (non-hydrogen) atoms. The van der Waals surface area contributed by atoms with Crippen LogP contribution in [0.15, 0.2) is 12.1 Å². The van der Waals surface area contributed by atoms with Gasteiger partial charge >= 0.3 is 0 Å². The van der Waals surface area contributed by atoms with E-state index in [-0.39, 0.29) is 34.6 Å². The lowest BCUT2D eigenvalue weighted by atomic mass is 9.81. The van der Waals surface area contributed by atoms with Crippen molar-refractivity contribution in [2.45, 2.75) is 26.7 Å². The number of benzene rings is 1. The second kappa shape index (κ2) is 7.70. The van der Waals surface area contributed by atoms with Gasteiger partial charge in [-0.1, -0.05) is 6.92 Å². The molecular formula is C15H21ClFN3O3. The van der Waals surface area contributed by atoms with Crippen LogP contribution in [-0.4, -0.2) is 30.5 Å². The largest absolute Gasteiger partial charge is 0.351 e. The summed E-state index contributed by atoms with van der Waals surface area (Å²) in [7, 11) is 0. The Morgan fingerprint density at radius 1 is 1.43 bits per heavy atom. The molecule has 0 bridgehead atoms. The number of nitrogens with one attached hydrogen (secondary N) is 2. The highest BCUT2D eigenvalue weighted by Crippen LogP contribution is 2.28. The number of halogens is 2. The lowest BCUT2D eigenvalue weighted by Gasteiger charge is -2.34. The van der Waals surface area contributed by atoms with Crippen molar-refractivity contribution in [2.75, 3.05) is 19.6 Å². The van der Waals surface area contributed by atoms with E-state index >= 15 is 0 Å². The minimum Gasteiger partial charge on any atom is -0.351 e. The predicted molar refractivity (Wildman–Crippen MR) is 87.6 cm³/mol. The standard InChI is InChI=1S/C15H20FN3O3.ClH/c1-10-7-11(16)8-12(13(10)19(21)22)14(20)18-9-15(2)3-5-17-6-4-15;/h7-8,17H,3-6,9H2,1-2H3,(H,18,20);1H. The van der Waals surface area contributed by atoms with E-state index in [1.807, 2.05) is 0 Å². The Hall–Kier alpha value is -1.73. The summed E-state index contributed by atoms with van der Waals surface area (Å²) in [4.78, 5) is 22.7. The molecule has 2 N–H and O–H groups in total. The van der Waals surface area contributed by atoms with Crippen molar-refractivity contribution < 1.29 is 14.1 Å². The number of nitrogens with zero attached hydrogens (tertiary/aromatic N) is 1. The maximum atomic E-state index is 13.5. The lowest BCUT2D eigenvalue weighted by Crippen LogP contribution is -2.43. The fraction of sp³-hybridized carbons (Fsp3) is 0.533. The molecule has 128 valence electrons. The number of nitro groups is 1. The normalized spacial score (nSPS) is 16.3. The first-order chi connectivity index (χ1) is 10.3. The van der Waals surface area contributed by atoms with Gasteiger partial charge in [0.15, 0.2) is 0 Å². The number of aryl methyl sites for hydroxylation is 1. The fourth-order valence-electron chi connectivity index (χ4n) is 2.75. The van der Waals surface area contributed by atoms with E-state index in [1.54, 1.807) is 0 Å². The van der Waals surface area contributed by atoms with Gasteiger partial charge in [0.05, 0.1) is 4.92 Å². The van der Waals surface area contributed by atoms with Crippen LogP contribution in [0.5, 0.6) is 0 Å². The topological polar surface area (TPSA) is 84.3 Å². The fourth-order valence-corrected chi connectivity index (χ4v) is 2.75. The van der Waals surface area contributed by atoms with Gasteiger partial charge in [0.2, 0.25) is 0 Å². The molecule has 1 aliphatic rings. The van der Waals surface area contributed by atoms with Crippen molar-refractivity contribution >= 4 is 24.0 Å². The Morgan fingerprint density at radius 3 is 2.61 bits per heavy atom. The number of piperidine rings is 1. The summed E-state index contributed by atoms with van der Waals surface area (Å²) in [6.45, 7) is 5.67. The molecule has 0 aliphatic carbocycles. The van der Waals surface area contributed by atoms with Gasteiger partial charge in [-0.05, 0) is 50.4 Å². The Balaban J connectivity index is 0.00000264. The number of carbonyl (C=O) groups is 1. The third-order valence-electron chi connectivity index (χ3n) is 4.18. The maximum Gasteiger partial charge on any atom is 0.285 e. The highest BCUT2D eigenvalue weighted by Gasteiger charge is 2.29. The highest BCUT2D eigenvalue weighted by molar-refractivity contribution is 5.98. The number of amides is 1. The average Bonchev–Trinajstić information content (AvgIpc) is 2.44. The van der Waals surface area contributed by atoms with Crippen molar-refractivity contribution in [1.82, 2.24) is 10.6 Å². The number of carbonyl (C=O) groups excluding carboxylic acids is 1. The minimum atomic E-state index is -0.652. The molecule has 1 aromatic rings. The quantitative estimate of drug-likeness (QED) is 0.649. The van der Waals surface area contributed by atoms with Crippen LogP contribution in [0.1, 0.15) is 35.7 Å². The molecule has 1 aliphatic heterocycles. The van der Waals surface area contributed by atoms with Gasteiger partial charge in [-0.25, -0.2) is 4.39 Å². The van der Waals surface area contributed by atoms with Gasteiger partial charge in [0, 0.05) is 12.1 Å². The van der Waals surface area contributed by atoms with E-state index < -0.39 is 16.6 Å². The number of hydrogen-bond donors (Lipinski definition) is 2. The molecule has 8 heteroatoms. The molecule has 1 amide bonds. The molecular weight excluding hydrogens is 325 g/mol. The molecule has 0 radical (unpaired) electrons. The van der Waals surface area contributed by atoms with Gasteiger partial charge in [-0.2, -0.15) is 0 Å². The van der Waals surface area contributed by atoms with E-state index in [9.17, 15) is 19.3 Å². The monoisotopic (exact) mass is 345 g/mol. The number of rotatable bonds is 4. The Bertz CT molecular complexity index is 604. The third-order valence-corrected chi connectivity index (χ3v) is 4.18. The third kappa shape index (κ3) is 4.62.